The number of esters is 2. The number of fused-ring (bicyclic) bond motifs is 4. The maximum atomic E-state index is 13.5. The average molecular weight is 493 g/mol. The van der Waals surface area contributed by atoms with E-state index in [0.717, 1.165) is 15.7 Å². The highest BCUT2D eigenvalue weighted by Crippen LogP contribution is 2.53. The van der Waals surface area contributed by atoms with Gasteiger partial charge in [-0.3, -0.25) is 19.2 Å². The number of carbonyl (C=O) groups is 4. The highest BCUT2D eigenvalue weighted by Gasteiger charge is 2.63. The Hall–Kier alpha value is -2.42. The van der Waals surface area contributed by atoms with Crippen molar-refractivity contribution < 1.29 is 28.7 Å². The molecule has 1 spiro atoms. The first-order valence-electron chi connectivity index (χ1n) is 10.6. The Morgan fingerprint density at radius 1 is 1.23 bits per heavy atom. The molecule has 3 heterocycles. The minimum Gasteiger partial charge on any atom is -0.466 e. The van der Waals surface area contributed by atoms with Crippen LogP contribution in [0.4, 0.5) is 5.69 Å². The lowest BCUT2D eigenvalue weighted by atomic mass is 9.68. The molecule has 1 aromatic carbocycles. The van der Waals surface area contributed by atoms with Crippen LogP contribution in [0.1, 0.15) is 38.7 Å². The smallest absolute Gasteiger partial charge is 0.309 e. The topological polar surface area (TPSA) is 102 Å². The van der Waals surface area contributed by atoms with Gasteiger partial charge in [0.25, 0.3) is 0 Å². The lowest BCUT2D eigenvalue weighted by molar-refractivity contribution is -0.165. The third-order valence-electron chi connectivity index (χ3n) is 6.65. The predicted molar refractivity (Wildman–Crippen MR) is 114 cm³/mol. The number of benzene rings is 1. The summed E-state index contributed by atoms with van der Waals surface area (Å²) >= 11 is 3.48. The number of halogens is 1. The van der Waals surface area contributed by atoms with Crippen LogP contribution in [-0.4, -0.2) is 54.5 Å². The molecule has 0 radical (unpaired) electrons. The molecule has 2 amide bonds. The van der Waals surface area contributed by atoms with Crippen molar-refractivity contribution in [2.75, 3.05) is 25.1 Å². The number of rotatable bonds is 5. The number of carbonyl (C=O) groups excluding carboxylic acids is 4. The van der Waals surface area contributed by atoms with Crippen LogP contribution in [0.15, 0.2) is 22.7 Å². The molecule has 0 aromatic heterocycles. The van der Waals surface area contributed by atoms with Gasteiger partial charge in [0.2, 0.25) is 11.8 Å². The van der Waals surface area contributed by atoms with Gasteiger partial charge in [0, 0.05) is 16.7 Å². The third kappa shape index (κ3) is 3.43. The molecular formula is C22H25BrN2O6. The van der Waals surface area contributed by atoms with Crippen molar-refractivity contribution in [2.45, 2.75) is 44.6 Å². The molecular weight excluding hydrogens is 468 g/mol. The summed E-state index contributed by atoms with van der Waals surface area (Å²) in [5.74, 6) is -3.15. The van der Waals surface area contributed by atoms with Crippen LogP contribution in [0.5, 0.6) is 0 Å². The molecule has 2 fully saturated rings. The van der Waals surface area contributed by atoms with Crippen molar-refractivity contribution in [2.24, 2.45) is 11.8 Å². The molecule has 0 bridgehead atoms. The Labute approximate surface area is 188 Å². The number of nitrogens with one attached hydrogen (secondary N) is 1. The van der Waals surface area contributed by atoms with Crippen molar-refractivity contribution >= 4 is 45.4 Å². The van der Waals surface area contributed by atoms with E-state index in [2.05, 4.69) is 21.2 Å². The zero-order chi connectivity index (χ0) is 22.3. The molecule has 166 valence electrons. The predicted octanol–water partition coefficient (Wildman–Crippen LogP) is 2.39. The maximum absolute atomic E-state index is 13.5. The Bertz CT molecular complexity index is 950. The van der Waals surface area contributed by atoms with Crippen molar-refractivity contribution in [3.05, 3.63) is 28.2 Å². The number of ether oxygens (including phenoxy) is 2. The van der Waals surface area contributed by atoms with E-state index in [-0.39, 0.29) is 37.9 Å². The van der Waals surface area contributed by atoms with Gasteiger partial charge < -0.3 is 19.7 Å². The largest absolute Gasteiger partial charge is 0.466 e. The molecule has 31 heavy (non-hydrogen) atoms. The van der Waals surface area contributed by atoms with Crippen LogP contribution in [-0.2, 0) is 34.1 Å². The first-order valence-corrected chi connectivity index (χ1v) is 11.4. The van der Waals surface area contributed by atoms with Crippen molar-refractivity contribution in [3.63, 3.8) is 0 Å². The van der Waals surface area contributed by atoms with Gasteiger partial charge in [0.05, 0.1) is 42.9 Å². The first kappa shape index (κ1) is 21.8. The van der Waals surface area contributed by atoms with Crippen LogP contribution in [0.2, 0.25) is 0 Å². The summed E-state index contributed by atoms with van der Waals surface area (Å²) < 4.78 is 11.1. The highest BCUT2D eigenvalue weighted by atomic mass is 79.9. The monoisotopic (exact) mass is 492 g/mol. The van der Waals surface area contributed by atoms with Gasteiger partial charge in [-0.1, -0.05) is 15.9 Å². The second kappa shape index (κ2) is 8.26. The summed E-state index contributed by atoms with van der Waals surface area (Å²) in [6.45, 7) is 4.15. The molecule has 1 N–H and O–H groups in total. The fourth-order valence-electron chi connectivity index (χ4n) is 5.34. The second-order valence-corrected chi connectivity index (χ2v) is 9.04. The molecule has 1 aromatic rings. The fraction of sp³-hybridized carbons (Fsp3) is 0.545. The average Bonchev–Trinajstić information content (AvgIpc) is 3.24. The van der Waals surface area contributed by atoms with E-state index in [0.29, 0.717) is 13.0 Å². The Balaban J connectivity index is 1.72. The van der Waals surface area contributed by atoms with Crippen LogP contribution in [0.25, 0.3) is 0 Å². The summed E-state index contributed by atoms with van der Waals surface area (Å²) in [6.07, 6.45) is 0.537. The molecule has 0 unspecified atom stereocenters. The molecule has 2 saturated heterocycles. The molecule has 4 rings (SSSR count). The van der Waals surface area contributed by atoms with E-state index < -0.39 is 35.2 Å². The molecule has 0 saturated carbocycles. The van der Waals surface area contributed by atoms with Gasteiger partial charge in [-0.25, -0.2) is 0 Å². The van der Waals surface area contributed by atoms with Crippen molar-refractivity contribution in [3.8, 4) is 0 Å². The van der Waals surface area contributed by atoms with Gasteiger partial charge in [-0.15, -0.1) is 0 Å². The van der Waals surface area contributed by atoms with Crippen LogP contribution in [0, 0.1) is 11.8 Å². The lowest BCUT2D eigenvalue weighted by Crippen LogP contribution is -2.57. The first-order chi connectivity index (χ1) is 14.8. The van der Waals surface area contributed by atoms with Gasteiger partial charge in [-0.05, 0) is 50.5 Å². The maximum Gasteiger partial charge on any atom is 0.309 e. The highest BCUT2D eigenvalue weighted by molar-refractivity contribution is 9.10. The summed E-state index contributed by atoms with van der Waals surface area (Å²) in [4.78, 5) is 53.3. The van der Waals surface area contributed by atoms with E-state index in [4.69, 9.17) is 9.47 Å². The summed E-state index contributed by atoms with van der Waals surface area (Å²) in [5.41, 5.74) is 0.636. The quantitative estimate of drug-likeness (QED) is 0.633. The third-order valence-corrected chi connectivity index (χ3v) is 7.15. The van der Waals surface area contributed by atoms with Gasteiger partial charge in [0.1, 0.15) is 0 Å². The zero-order valence-electron chi connectivity index (χ0n) is 17.5. The number of hydrogen-bond donors (Lipinski definition) is 1. The number of amides is 2. The van der Waals surface area contributed by atoms with Gasteiger partial charge in [-0.2, -0.15) is 0 Å². The fourth-order valence-corrected chi connectivity index (χ4v) is 5.70. The van der Waals surface area contributed by atoms with Crippen molar-refractivity contribution in [1.29, 1.82) is 0 Å². The van der Waals surface area contributed by atoms with Crippen molar-refractivity contribution in [1.82, 2.24) is 4.90 Å². The summed E-state index contributed by atoms with van der Waals surface area (Å²) in [7, 11) is 0. The number of nitrogens with zero attached hydrogens (tertiary/aromatic N) is 1. The number of hydrogen-bond acceptors (Lipinski definition) is 6. The Morgan fingerprint density at radius 2 is 1.97 bits per heavy atom. The molecule has 4 atom stereocenters. The molecule has 8 nitrogen and oxygen atoms in total. The van der Waals surface area contributed by atoms with E-state index in [9.17, 15) is 19.2 Å². The second-order valence-electron chi connectivity index (χ2n) is 8.12. The van der Waals surface area contributed by atoms with Crippen LogP contribution >= 0.6 is 15.9 Å². The van der Waals surface area contributed by atoms with Gasteiger partial charge >= 0.3 is 11.9 Å². The zero-order valence-corrected chi connectivity index (χ0v) is 19.1. The Kier molecular flexibility index (Phi) is 5.81. The minimum atomic E-state index is -0.922. The van der Waals surface area contributed by atoms with E-state index >= 15 is 0 Å². The number of piperidine rings is 1. The Morgan fingerprint density at radius 3 is 2.68 bits per heavy atom. The van der Waals surface area contributed by atoms with Crippen LogP contribution < -0.4 is 5.32 Å². The van der Waals surface area contributed by atoms with Crippen LogP contribution in [0.3, 0.4) is 0 Å². The minimum absolute atomic E-state index is 0.160. The summed E-state index contributed by atoms with van der Waals surface area (Å²) in [5, 5.41) is 2.95. The van der Waals surface area contributed by atoms with E-state index in [1.54, 1.807) is 18.7 Å². The molecule has 9 heteroatoms. The lowest BCUT2D eigenvalue weighted by Gasteiger charge is -2.43. The normalized spacial score (nSPS) is 28.9. The summed E-state index contributed by atoms with van der Waals surface area (Å²) in [6, 6.07) is 5.12. The number of anilines is 1. The molecule has 3 aliphatic rings. The molecule has 0 aliphatic carbocycles. The standard InChI is InChI=1S/C22H25BrN2O6/c1-3-30-18(26)11-13-14(20(28)31-4-2)10-17-22(7-8-25(17)19(13)27)15-9-12(23)5-6-16(15)24-21(22)29/h5-6,9,13-14,17H,3-4,7-8,10-11H2,1-2H3,(H,24,29)/t13-,14-,17+,22+/m0/s1. The van der Waals surface area contributed by atoms with Gasteiger partial charge in [0.15, 0.2) is 0 Å². The SMILES string of the molecule is CCOC(=O)C[C@@H]1C(=O)N2CC[C@]3(C(=O)Nc4ccc(Br)cc43)[C@H]2C[C@@H]1C(=O)OCC. The van der Waals surface area contributed by atoms with E-state index in [1.807, 2.05) is 18.2 Å². The van der Waals surface area contributed by atoms with E-state index in [1.165, 1.54) is 0 Å². The molecule has 3 aliphatic heterocycles.